The molecule has 1 aliphatic rings. The molecule has 0 aliphatic carbocycles. The number of carbonyl (C=O) groups excluding carboxylic acids is 1. The Morgan fingerprint density at radius 3 is 2.58 bits per heavy atom. The van der Waals surface area contributed by atoms with Crippen molar-refractivity contribution in [3.05, 3.63) is 66.0 Å². The van der Waals surface area contributed by atoms with Gasteiger partial charge in [0.25, 0.3) is 5.91 Å². The number of rotatable bonds is 2. The first-order valence-electron chi connectivity index (χ1n) is 8.80. The van der Waals surface area contributed by atoms with E-state index in [1.807, 2.05) is 29.4 Å². The molecule has 4 rings (SSSR count). The molecular weight excluding hydrogens is 326 g/mol. The molecule has 1 aromatic heterocycles. The third-order valence-corrected chi connectivity index (χ3v) is 5.00. The molecule has 5 heteroatoms. The smallest absolute Gasteiger partial charge is 0.253 e. The lowest BCUT2D eigenvalue weighted by molar-refractivity contribution is 0.0747. The Morgan fingerprint density at radius 1 is 1.04 bits per heavy atom. The molecule has 0 spiro atoms. The summed E-state index contributed by atoms with van der Waals surface area (Å²) < 4.78 is 0. The number of benzene rings is 2. The van der Waals surface area contributed by atoms with E-state index in [1.165, 1.54) is 5.39 Å². The average molecular weight is 347 g/mol. The van der Waals surface area contributed by atoms with Crippen molar-refractivity contribution in [2.45, 2.75) is 6.92 Å². The molecule has 2 heterocycles. The summed E-state index contributed by atoms with van der Waals surface area (Å²) in [6.45, 7) is 4.69. The van der Waals surface area contributed by atoms with Crippen molar-refractivity contribution in [2.24, 2.45) is 0 Å². The molecule has 2 aromatic carbocycles. The second kappa shape index (κ2) is 6.67. The van der Waals surface area contributed by atoms with Crippen molar-refractivity contribution in [2.75, 3.05) is 31.1 Å². The fraction of sp³-hybridized carbons (Fsp3) is 0.238. The van der Waals surface area contributed by atoms with Crippen LogP contribution in [0.15, 0.2) is 54.9 Å². The van der Waals surface area contributed by atoms with E-state index in [9.17, 15) is 9.90 Å². The minimum atomic E-state index is 0.0174. The van der Waals surface area contributed by atoms with Gasteiger partial charge in [0.05, 0.1) is 11.9 Å². The van der Waals surface area contributed by atoms with Gasteiger partial charge >= 0.3 is 0 Å². The molecule has 26 heavy (non-hydrogen) atoms. The summed E-state index contributed by atoms with van der Waals surface area (Å²) in [6.07, 6.45) is 3.79. The van der Waals surface area contributed by atoms with E-state index in [0.29, 0.717) is 18.7 Å². The molecule has 3 aromatic rings. The van der Waals surface area contributed by atoms with E-state index in [-0.39, 0.29) is 11.7 Å². The number of hydrogen-bond donors (Lipinski definition) is 1. The molecule has 1 fully saturated rings. The van der Waals surface area contributed by atoms with Crippen molar-refractivity contribution >= 4 is 22.4 Å². The average Bonchev–Trinajstić information content (AvgIpc) is 2.69. The number of piperazine rings is 1. The van der Waals surface area contributed by atoms with Gasteiger partial charge in [-0.25, -0.2) is 0 Å². The second-order valence-electron chi connectivity index (χ2n) is 6.66. The van der Waals surface area contributed by atoms with Gasteiger partial charge in [-0.05, 0) is 30.7 Å². The van der Waals surface area contributed by atoms with Crippen LogP contribution in [0.25, 0.3) is 10.8 Å². The van der Waals surface area contributed by atoms with Gasteiger partial charge in [0, 0.05) is 48.7 Å². The number of anilines is 1. The highest BCUT2D eigenvalue weighted by molar-refractivity contribution is 5.95. The predicted octanol–water partition coefficient (Wildman–Crippen LogP) is 3.21. The zero-order chi connectivity index (χ0) is 18.1. The first kappa shape index (κ1) is 16.4. The first-order chi connectivity index (χ1) is 12.6. The zero-order valence-electron chi connectivity index (χ0n) is 14.7. The monoisotopic (exact) mass is 347 g/mol. The summed E-state index contributed by atoms with van der Waals surface area (Å²) in [7, 11) is 0. The molecule has 0 saturated carbocycles. The van der Waals surface area contributed by atoms with Crippen LogP contribution in [0, 0.1) is 6.92 Å². The molecule has 1 N–H and O–H groups in total. The van der Waals surface area contributed by atoms with Gasteiger partial charge in [-0.1, -0.05) is 24.3 Å². The van der Waals surface area contributed by atoms with Crippen LogP contribution in [-0.4, -0.2) is 47.1 Å². The molecule has 5 nitrogen and oxygen atoms in total. The lowest BCUT2D eigenvalue weighted by Gasteiger charge is -2.36. The number of pyridine rings is 1. The molecule has 0 bridgehead atoms. The second-order valence-corrected chi connectivity index (χ2v) is 6.66. The lowest BCUT2D eigenvalue weighted by atomic mass is 10.1. The fourth-order valence-electron chi connectivity index (χ4n) is 3.47. The summed E-state index contributed by atoms with van der Waals surface area (Å²) in [5.41, 5.74) is 2.47. The number of carbonyl (C=O) groups is 1. The molecule has 1 aliphatic heterocycles. The minimum absolute atomic E-state index is 0.0174. The number of aromatic hydroxyl groups is 1. The maximum absolute atomic E-state index is 12.7. The van der Waals surface area contributed by atoms with Gasteiger partial charge in [-0.15, -0.1) is 0 Å². The third-order valence-electron chi connectivity index (χ3n) is 5.00. The Kier molecular flexibility index (Phi) is 4.21. The fourth-order valence-corrected chi connectivity index (χ4v) is 3.47. The van der Waals surface area contributed by atoms with Gasteiger partial charge in [0.1, 0.15) is 5.75 Å². The Hall–Kier alpha value is -3.08. The molecule has 0 atom stereocenters. The van der Waals surface area contributed by atoms with Crippen LogP contribution in [0.5, 0.6) is 5.75 Å². The van der Waals surface area contributed by atoms with Crippen molar-refractivity contribution in [1.29, 1.82) is 0 Å². The largest absolute Gasteiger partial charge is 0.508 e. The van der Waals surface area contributed by atoms with Crippen molar-refractivity contribution in [1.82, 2.24) is 9.88 Å². The summed E-state index contributed by atoms with van der Waals surface area (Å²) in [5.74, 6) is 0.235. The van der Waals surface area contributed by atoms with E-state index in [4.69, 9.17) is 0 Å². The van der Waals surface area contributed by atoms with E-state index in [0.717, 1.165) is 29.7 Å². The predicted molar refractivity (Wildman–Crippen MR) is 103 cm³/mol. The van der Waals surface area contributed by atoms with Crippen molar-refractivity contribution < 1.29 is 9.90 Å². The number of aryl methyl sites for hydroxylation is 1. The Bertz CT molecular complexity index is 957. The van der Waals surface area contributed by atoms with E-state index in [1.54, 1.807) is 25.1 Å². The van der Waals surface area contributed by atoms with E-state index >= 15 is 0 Å². The van der Waals surface area contributed by atoms with Crippen LogP contribution in [0.4, 0.5) is 5.69 Å². The zero-order valence-corrected chi connectivity index (χ0v) is 14.7. The van der Waals surface area contributed by atoms with Gasteiger partial charge in [0.2, 0.25) is 0 Å². The molecule has 132 valence electrons. The first-order valence-corrected chi connectivity index (χ1v) is 8.80. The normalized spacial score (nSPS) is 14.7. The number of amides is 1. The van der Waals surface area contributed by atoms with Crippen LogP contribution < -0.4 is 4.90 Å². The highest BCUT2D eigenvalue weighted by Crippen LogP contribution is 2.26. The molecule has 0 unspecified atom stereocenters. The van der Waals surface area contributed by atoms with Crippen molar-refractivity contribution in [3.63, 3.8) is 0 Å². The summed E-state index contributed by atoms with van der Waals surface area (Å²) in [4.78, 5) is 21.3. The van der Waals surface area contributed by atoms with Crippen LogP contribution in [0.1, 0.15) is 15.9 Å². The summed E-state index contributed by atoms with van der Waals surface area (Å²) in [6, 6.07) is 13.3. The number of phenols is 1. The van der Waals surface area contributed by atoms with E-state index < -0.39 is 0 Å². The number of phenolic OH excluding ortho intramolecular Hbond substituents is 1. The Balaban J connectivity index is 1.50. The van der Waals surface area contributed by atoms with Gasteiger partial charge in [-0.2, -0.15) is 0 Å². The van der Waals surface area contributed by atoms with Crippen LogP contribution in [0.3, 0.4) is 0 Å². The number of fused-ring (bicyclic) bond motifs is 1. The van der Waals surface area contributed by atoms with E-state index in [2.05, 4.69) is 22.0 Å². The number of aromatic nitrogens is 1. The van der Waals surface area contributed by atoms with Gasteiger partial charge in [-0.3, -0.25) is 9.78 Å². The molecular formula is C21H21N3O2. The number of hydrogen-bond acceptors (Lipinski definition) is 4. The Labute approximate surface area is 152 Å². The SMILES string of the molecule is Cc1cc(C(=O)N2CCN(c3cncc4ccccc34)CC2)ccc1O. The minimum Gasteiger partial charge on any atom is -0.508 e. The molecule has 1 saturated heterocycles. The third kappa shape index (κ3) is 2.96. The maximum Gasteiger partial charge on any atom is 0.253 e. The molecule has 1 amide bonds. The summed E-state index contributed by atoms with van der Waals surface area (Å²) >= 11 is 0. The highest BCUT2D eigenvalue weighted by atomic mass is 16.3. The number of nitrogens with zero attached hydrogens (tertiary/aromatic N) is 3. The maximum atomic E-state index is 12.7. The Morgan fingerprint density at radius 2 is 1.81 bits per heavy atom. The van der Waals surface area contributed by atoms with Crippen LogP contribution in [-0.2, 0) is 0 Å². The van der Waals surface area contributed by atoms with Crippen LogP contribution in [0.2, 0.25) is 0 Å². The molecule has 0 radical (unpaired) electrons. The topological polar surface area (TPSA) is 56.7 Å². The lowest BCUT2D eigenvalue weighted by Crippen LogP contribution is -2.48. The van der Waals surface area contributed by atoms with Crippen molar-refractivity contribution in [3.8, 4) is 5.75 Å². The quantitative estimate of drug-likeness (QED) is 0.773. The standard InChI is InChI=1S/C21H21N3O2/c1-15-12-16(6-7-20(15)25)21(26)24-10-8-23(9-11-24)19-14-22-13-17-4-2-3-5-18(17)19/h2-7,12-14,25H,8-11H2,1H3. The van der Waals surface area contributed by atoms with Gasteiger partial charge < -0.3 is 14.9 Å². The highest BCUT2D eigenvalue weighted by Gasteiger charge is 2.23. The summed E-state index contributed by atoms with van der Waals surface area (Å²) in [5, 5.41) is 12.0. The van der Waals surface area contributed by atoms with Crippen LogP contribution >= 0.6 is 0 Å². The van der Waals surface area contributed by atoms with Gasteiger partial charge in [0.15, 0.2) is 0 Å².